The molecule has 2 heterocycles. The van der Waals surface area contributed by atoms with Crippen molar-refractivity contribution in [1.29, 1.82) is 0 Å². The van der Waals surface area contributed by atoms with Crippen LogP contribution in [0.2, 0.25) is 0 Å². The maximum atomic E-state index is 5.63. The van der Waals surface area contributed by atoms with E-state index in [9.17, 15) is 0 Å². The Morgan fingerprint density at radius 2 is 2.31 bits per heavy atom. The highest BCUT2D eigenvalue weighted by molar-refractivity contribution is 9.10. The number of anilines is 1. The van der Waals surface area contributed by atoms with Crippen LogP contribution in [0.4, 0.5) is 5.82 Å². The van der Waals surface area contributed by atoms with Crippen molar-refractivity contribution in [2.24, 2.45) is 0 Å². The molecule has 0 saturated carbocycles. The average Bonchev–Trinajstić information content (AvgIpc) is 2.58. The Bertz CT molecular complexity index is 478. The molecule has 0 aliphatic heterocycles. The number of methoxy groups -OCH3 is 1. The fourth-order valence-corrected chi connectivity index (χ4v) is 1.63. The highest BCUT2D eigenvalue weighted by Crippen LogP contribution is 2.17. The van der Waals surface area contributed by atoms with Gasteiger partial charge in [0, 0.05) is 12.3 Å². The first-order chi connectivity index (χ1) is 7.69. The van der Waals surface area contributed by atoms with E-state index in [-0.39, 0.29) is 0 Å². The summed E-state index contributed by atoms with van der Waals surface area (Å²) in [6, 6.07) is 5.61. The van der Waals surface area contributed by atoms with Crippen molar-refractivity contribution in [3.8, 4) is 5.88 Å². The van der Waals surface area contributed by atoms with Crippen molar-refractivity contribution < 1.29 is 4.74 Å². The van der Waals surface area contributed by atoms with Gasteiger partial charge in [-0.15, -0.1) is 0 Å². The van der Waals surface area contributed by atoms with E-state index in [2.05, 4.69) is 26.0 Å². The highest BCUT2D eigenvalue weighted by atomic mass is 79.9. The predicted octanol–water partition coefficient (Wildman–Crippen LogP) is 1.68. The van der Waals surface area contributed by atoms with Gasteiger partial charge < -0.3 is 10.5 Å². The molecule has 0 aliphatic carbocycles. The number of nitrogen functional groups attached to an aromatic ring is 1. The first kappa shape index (κ1) is 10.9. The van der Waals surface area contributed by atoms with Crippen molar-refractivity contribution in [3.63, 3.8) is 0 Å². The second-order valence-corrected chi connectivity index (χ2v) is 4.09. The Kier molecular flexibility index (Phi) is 3.09. The minimum absolute atomic E-state index is 0.475. The normalized spacial score (nSPS) is 10.4. The molecule has 2 rings (SSSR count). The molecule has 2 aromatic rings. The largest absolute Gasteiger partial charge is 0.481 e. The molecule has 2 N–H and O–H groups in total. The smallest absolute Gasteiger partial charge is 0.213 e. The number of nitrogens with two attached hydrogens (primary N) is 1. The number of aromatic nitrogens is 3. The first-order valence-electron chi connectivity index (χ1n) is 4.67. The van der Waals surface area contributed by atoms with Crippen molar-refractivity contribution in [3.05, 3.63) is 34.6 Å². The third-order valence-electron chi connectivity index (χ3n) is 2.06. The van der Waals surface area contributed by atoms with E-state index >= 15 is 0 Å². The zero-order valence-electron chi connectivity index (χ0n) is 8.72. The van der Waals surface area contributed by atoms with Crippen LogP contribution >= 0.6 is 15.9 Å². The van der Waals surface area contributed by atoms with E-state index in [4.69, 9.17) is 10.5 Å². The van der Waals surface area contributed by atoms with E-state index in [1.54, 1.807) is 17.9 Å². The molecule has 84 valence electrons. The second kappa shape index (κ2) is 4.52. The van der Waals surface area contributed by atoms with Gasteiger partial charge in [-0.2, -0.15) is 5.10 Å². The predicted molar refractivity (Wildman–Crippen MR) is 64.2 cm³/mol. The molecule has 0 bridgehead atoms. The van der Waals surface area contributed by atoms with Crippen molar-refractivity contribution in [2.45, 2.75) is 6.54 Å². The van der Waals surface area contributed by atoms with E-state index < -0.39 is 0 Å². The summed E-state index contributed by atoms with van der Waals surface area (Å²) >= 11 is 3.30. The minimum Gasteiger partial charge on any atom is -0.481 e. The van der Waals surface area contributed by atoms with Crippen molar-refractivity contribution in [2.75, 3.05) is 12.8 Å². The topological polar surface area (TPSA) is 66.0 Å². The van der Waals surface area contributed by atoms with E-state index in [1.165, 1.54) is 0 Å². The number of nitrogens with zero attached hydrogens (tertiary/aromatic N) is 3. The van der Waals surface area contributed by atoms with Gasteiger partial charge in [-0.25, -0.2) is 4.98 Å². The van der Waals surface area contributed by atoms with E-state index in [0.29, 0.717) is 18.2 Å². The van der Waals surface area contributed by atoms with E-state index in [0.717, 1.165) is 10.2 Å². The minimum atomic E-state index is 0.475. The molecule has 0 saturated heterocycles. The molecule has 0 spiro atoms. The zero-order valence-corrected chi connectivity index (χ0v) is 10.3. The summed E-state index contributed by atoms with van der Waals surface area (Å²) in [4.78, 5) is 4.29. The molecular weight excluding hydrogens is 272 g/mol. The molecule has 16 heavy (non-hydrogen) atoms. The quantitative estimate of drug-likeness (QED) is 0.930. The monoisotopic (exact) mass is 282 g/mol. The molecular formula is C10H11BrN4O. The summed E-state index contributed by atoms with van der Waals surface area (Å²) in [6.07, 6.45) is 1.82. The second-order valence-electron chi connectivity index (χ2n) is 3.23. The van der Waals surface area contributed by atoms with Gasteiger partial charge in [-0.1, -0.05) is 6.07 Å². The third kappa shape index (κ3) is 2.33. The van der Waals surface area contributed by atoms with Gasteiger partial charge in [0.1, 0.15) is 0 Å². The molecule has 5 nitrogen and oxygen atoms in total. The number of hydrogen-bond acceptors (Lipinski definition) is 4. The van der Waals surface area contributed by atoms with Crippen LogP contribution in [-0.4, -0.2) is 21.9 Å². The maximum absolute atomic E-state index is 5.63. The number of rotatable bonds is 3. The molecule has 6 heteroatoms. The SMILES string of the molecule is COc1cccc(Cn2cc(Br)c(N)n2)n1. The van der Waals surface area contributed by atoms with Crippen LogP contribution in [0.3, 0.4) is 0 Å². The van der Waals surface area contributed by atoms with Gasteiger partial charge in [0.15, 0.2) is 5.82 Å². The lowest BCUT2D eigenvalue weighted by Gasteiger charge is -2.03. The van der Waals surface area contributed by atoms with Gasteiger partial charge >= 0.3 is 0 Å². The lowest BCUT2D eigenvalue weighted by molar-refractivity contribution is 0.395. The molecule has 0 atom stereocenters. The summed E-state index contributed by atoms with van der Waals surface area (Å²) in [5.74, 6) is 1.07. The van der Waals surface area contributed by atoms with E-state index in [1.807, 2.05) is 18.3 Å². The lowest BCUT2D eigenvalue weighted by atomic mass is 10.3. The molecule has 0 aromatic carbocycles. The number of ether oxygens (including phenoxy) is 1. The van der Waals surface area contributed by atoms with Crippen LogP contribution in [0.5, 0.6) is 5.88 Å². The molecule has 0 amide bonds. The van der Waals surface area contributed by atoms with Gasteiger partial charge in [-0.05, 0) is 22.0 Å². The van der Waals surface area contributed by atoms with Gasteiger partial charge in [-0.3, -0.25) is 4.68 Å². The Morgan fingerprint density at radius 1 is 1.50 bits per heavy atom. The summed E-state index contributed by atoms with van der Waals surface area (Å²) in [5, 5.41) is 4.13. The van der Waals surface area contributed by atoms with Gasteiger partial charge in [0.2, 0.25) is 5.88 Å². The summed E-state index contributed by atoms with van der Waals surface area (Å²) in [7, 11) is 1.59. The van der Waals surface area contributed by atoms with Crippen LogP contribution in [0.25, 0.3) is 0 Å². The van der Waals surface area contributed by atoms with Gasteiger partial charge in [0.05, 0.1) is 23.8 Å². The van der Waals surface area contributed by atoms with Gasteiger partial charge in [0.25, 0.3) is 0 Å². The Hall–Kier alpha value is -1.56. The Morgan fingerprint density at radius 3 is 2.94 bits per heavy atom. The van der Waals surface area contributed by atoms with Crippen LogP contribution in [0.1, 0.15) is 5.69 Å². The molecule has 0 fully saturated rings. The van der Waals surface area contributed by atoms with Crippen molar-refractivity contribution >= 4 is 21.7 Å². The fourth-order valence-electron chi connectivity index (χ4n) is 1.32. The number of hydrogen-bond donors (Lipinski definition) is 1. The average molecular weight is 283 g/mol. The molecule has 0 unspecified atom stereocenters. The fraction of sp³-hybridized carbons (Fsp3) is 0.200. The number of halogens is 1. The Balaban J connectivity index is 2.20. The standard InChI is InChI=1S/C10H11BrN4O/c1-16-9-4-2-3-7(13-9)5-15-6-8(11)10(12)14-15/h2-4,6H,5H2,1H3,(H2,12,14). The van der Waals surface area contributed by atoms with Crippen LogP contribution in [0, 0.1) is 0 Å². The van der Waals surface area contributed by atoms with Crippen LogP contribution in [-0.2, 0) is 6.54 Å². The third-order valence-corrected chi connectivity index (χ3v) is 2.67. The lowest BCUT2D eigenvalue weighted by Crippen LogP contribution is -2.03. The summed E-state index contributed by atoms with van der Waals surface area (Å²) < 4.78 is 7.56. The Labute approximate surface area is 101 Å². The molecule has 0 radical (unpaired) electrons. The number of pyridine rings is 1. The zero-order chi connectivity index (χ0) is 11.5. The molecule has 2 aromatic heterocycles. The first-order valence-corrected chi connectivity index (χ1v) is 5.46. The van der Waals surface area contributed by atoms with Crippen LogP contribution < -0.4 is 10.5 Å². The molecule has 0 aliphatic rings. The van der Waals surface area contributed by atoms with Crippen molar-refractivity contribution in [1.82, 2.24) is 14.8 Å². The highest BCUT2D eigenvalue weighted by Gasteiger charge is 2.04. The summed E-state index contributed by atoms with van der Waals surface area (Å²) in [5.41, 5.74) is 6.50. The summed E-state index contributed by atoms with van der Waals surface area (Å²) in [6.45, 7) is 0.563. The van der Waals surface area contributed by atoms with Crippen LogP contribution in [0.15, 0.2) is 28.9 Å². The maximum Gasteiger partial charge on any atom is 0.213 e.